The SMILES string of the molecule is COC(=O)Cc1cc(C)ccc1S(=O)(=O)NCc1ccccc1C(=O)OC. The van der Waals surface area contributed by atoms with Crippen LogP contribution in [0.15, 0.2) is 47.4 Å². The van der Waals surface area contributed by atoms with Crippen LogP contribution in [0.2, 0.25) is 0 Å². The third-order valence-electron chi connectivity index (χ3n) is 3.94. The molecule has 1 N–H and O–H groups in total. The lowest BCUT2D eigenvalue weighted by Crippen LogP contribution is -2.26. The zero-order valence-electron chi connectivity index (χ0n) is 15.3. The standard InChI is InChI=1S/C19H21NO6S/c1-13-8-9-17(15(10-13)11-18(21)25-2)27(23,24)20-12-14-6-4-5-7-16(14)19(22)26-3/h4-10,20H,11-12H2,1-3H3. The van der Waals surface area contributed by atoms with E-state index in [-0.39, 0.29) is 23.4 Å². The van der Waals surface area contributed by atoms with Crippen LogP contribution in [0.5, 0.6) is 0 Å². The number of ether oxygens (including phenoxy) is 2. The maximum atomic E-state index is 12.8. The lowest BCUT2D eigenvalue weighted by molar-refractivity contribution is -0.139. The van der Waals surface area contributed by atoms with Gasteiger partial charge in [0.05, 0.1) is 31.1 Å². The molecule has 2 rings (SSSR count). The molecule has 0 saturated carbocycles. The molecule has 0 bridgehead atoms. The lowest BCUT2D eigenvalue weighted by atomic mass is 10.1. The van der Waals surface area contributed by atoms with Crippen molar-refractivity contribution < 1.29 is 27.5 Å². The van der Waals surface area contributed by atoms with Crippen LogP contribution in [-0.4, -0.2) is 34.6 Å². The molecular formula is C19H21NO6S. The molecule has 8 heteroatoms. The van der Waals surface area contributed by atoms with Crippen molar-refractivity contribution in [2.45, 2.75) is 24.8 Å². The fraction of sp³-hybridized carbons (Fsp3) is 0.263. The summed E-state index contributed by atoms with van der Waals surface area (Å²) in [5.74, 6) is -1.08. The van der Waals surface area contributed by atoms with Crippen molar-refractivity contribution >= 4 is 22.0 Å². The molecule has 0 heterocycles. The van der Waals surface area contributed by atoms with Crippen molar-refractivity contribution in [3.05, 3.63) is 64.7 Å². The van der Waals surface area contributed by atoms with Gasteiger partial charge < -0.3 is 9.47 Å². The Balaban J connectivity index is 2.31. The van der Waals surface area contributed by atoms with E-state index in [2.05, 4.69) is 9.46 Å². The summed E-state index contributed by atoms with van der Waals surface area (Å²) >= 11 is 0. The molecule has 144 valence electrons. The summed E-state index contributed by atoms with van der Waals surface area (Å²) in [5.41, 5.74) is 1.93. The minimum atomic E-state index is -3.92. The molecule has 0 fully saturated rings. The fourth-order valence-corrected chi connectivity index (χ4v) is 3.79. The molecule has 27 heavy (non-hydrogen) atoms. The van der Waals surface area contributed by atoms with Crippen LogP contribution in [0.4, 0.5) is 0 Å². The number of carbonyl (C=O) groups is 2. The number of hydrogen-bond donors (Lipinski definition) is 1. The van der Waals surface area contributed by atoms with Gasteiger partial charge in [-0.2, -0.15) is 0 Å². The van der Waals surface area contributed by atoms with E-state index in [4.69, 9.17) is 4.74 Å². The second-order valence-corrected chi connectivity index (χ2v) is 7.57. The smallest absolute Gasteiger partial charge is 0.338 e. The third kappa shape index (κ3) is 5.15. The van der Waals surface area contributed by atoms with Gasteiger partial charge in [0.1, 0.15) is 0 Å². The van der Waals surface area contributed by atoms with Crippen LogP contribution in [0.3, 0.4) is 0 Å². The van der Waals surface area contributed by atoms with Gasteiger partial charge in [-0.15, -0.1) is 0 Å². The average Bonchev–Trinajstić information content (AvgIpc) is 2.65. The first-order chi connectivity index (χ1) is 12.8. The van der Waals surface area contributed by atoms with Crippen molar-refractivity contribution in [3.8, 4) is 0 Å². The number of carbonyl (C=O) groups excluding carboxylic acids is 2. The Kier molecular flexibility index (Phi) is 6.70. The van der Waals surface area contributed by atoms with Crippen LogP contribution >= 0.6 is 0 Å². The fourth-order valence-electron chi connectivity index (χ4n) is 2.57. The van der Waals surface area contributed by atoms with Crippen molar-refractivity contribution in [3.63, 3.8) is 0 Å². The molecule has 0 radical (unpaired) electrons. The van der Waals surface area contributed by atoms with Gasteiger partial charge in [0, 0.05) is 6.54 Å². The molecule has 2 aromatic carbocycles. The molecule has 0 aromatic heterocycles. The molecule has 2 aromatic rings. The summed E-state index contributed by atoms with van der Waals surface area (Å²) in [6, 6.07) is 11.3. The summed E-state index contributed by atoms with van der Waals surface area (Å²) in [6.45, 7) is 1.70. The number of sulfonamides is 1. The summed E-state index contributed by atoms with van der Waals surface area (Å²) in [7, 11) is -1.42. The first-order valence-corrected chi connectivity index (χ1v) is 9.59. The van der Waals surface area contributed by atoms with E-state index in [1.807, 2.05) is 0 Å². The molecule has 0 amide bonds. The average molecular weight is 391 g/mol. The molecule has 0 aliphatic carbocycles. The van der Waals surface area contributed by atoms with E-state index >= 15 is 0 Å². The summed E-state index contributed by atoms with van der Waals surface area (Å²) in [6.07, 6.45) is -0.160. The predicted octanol–water partition coefficient (Wildman–Crippen LogP) is 1.98. The molecule has 0 spiro atoms. The second-order valence-electron chi connectivity index (χ2n) is 5.84. The Morgan fingerprint density at radius 3 is 2.37 bits per heavy atom. The van der Waals surface area contributed by atoms with Crippen molar-refractivity contribution in [2.75, 3.05) is 14.2 Å². The van der Waals surface area contributed by atoms with Crippen LogP contribution in [0.1, 0.15) is 27.0 Å². The van der Waals surface area contributed by atoms with Crippen molar-refractivity contribution in [1.29, 1.82) is 0 Å². The van der Waals surface area contributed by atoms with Crippen LogP contribution in [0, 0.1) is 6.92 Å². The second kappa shape index (κ2) is 8.79. The van der Waals surface area contributed by atoms with Gasteiger partial charge in [0.15, 0.2) is 0 Å². The summed E-state index contributed by atoms with van der Waals surface area (Å²) in [4.78, 5) is 23.4. The topological polar surface area (TPSA) is 98.8 Å². The van der Waals surface area contributed by atoms with Gasteiger partial charge in [-0.1, -0.05) is 35.9 Å². The van der Waals surface area contributed by atoms with Gasteiger partial charge in [0.25, 0.3) is 0 Å². The quantitative estimate of drug-likeness (QED) is 0.725. The zero-order chi connectivity index (χ0) is 20.0. The zero-order valence-corrected chi connectivity index (χ0v) is 16.1. The Hall–Kier alpha value is -2.71. The number of rotatable bonds is 7. The van der Waals surface area contributed by atoms with Gasteiger partial charge in [-0.05, 0) is 30.2 Å². The van der Waals surface area contributed by atoms with Crippen molar-refractivity contribution in [2.24, 2.45) is 0 Å². The number of aryl methyl sites for hydroxylation is 1. The highest BCUT2D eigenvalue weighted by Crippen LogP contribution is 2.19. The highest BCUT2D eigenvalue weighted by atomic mass is 32.2. The number of hydrogen-bond acceptors (Lipinski definition) is 6. The summed E-state index contributed by atoms with van der Waals surface area (Å²) in [5, 5.41) is 0. The number of methoxy groups -OCH3 is 2. The first-order valence-electron chi connectivity index (χ1n) is 8.10. The minimum absolute atomic E-state index is 0.00551. The molecular weight excluding hydrogens is 370 g/mol. The Bertz CT molecular complexity index is 952. The van der Waals surface area contributed by atoms with E-state index in [1.54, 1.807) is 43.3 Å². The Morgan fingerprint density at radius 2 is 1.70 bits per heavy atom. The molecule has 0 aliphatic heterocycles. The van der Waals surface area contributed by atoms with E-state index in [1.165, 1.54) is 20.3 Å². The third-order valence-corrected chi connectivity index (χ3v) is 5.44. The highest BCUT2D eigenvalue weighted by Gasteiger charge is 2.21. The van der Waals surface area contributed by atoms with E-state index in [9.17, 15) is 18.0 Å². The molecule has 7 nitrogen and oxygen atoms in total. The molecule has 0 aliphatic rings. The van der Waals surface area contributed by atoms with Crippen LogP contribution < -0.4 is 4.72 Å². The van der Waals surface area contributed by atoms with Gasteiger partial charge in [-0.25, -0.2) is 17.9 Å². The number of esters is 2. The lowest BCUT2D eigenvalue weighted by Gasteiger charge is -2.13. The maximum absolute atomic E-state index is 12.8. The summed E-state index contributed by atoms with van der Waals surface area (Å²) < 4.78 is 37.4. The number of benzene rings is 2. The van der Waals surface area contributed by atoms with Crippen molar-refractivity contribution in [1.82, 2.24) is 4.72 Å². The first kappa shape index (κ1) is 20.6. The Labute approximate surface area is 158 Å². The Morgan fingerprint density at radius 1 is 1.00 bits per heavy atom. The number of nitrogens with one attached hydrogen (secondary N) is 1. The predicted molar refractivity (Wildman–Crippen MR) is 98.7 cm³/mol. The van der Waals surface area contributed by atoms with E-state index in [0.717, 1.165) is 5.56 Å². The van der Waals surface area contributed by atoms with Gasteiger partial charge >= 0.3 is 11.9 Å². The monoisotopic (exact) mass is 391 g/mol. The molecule has 0 saturated heterocycles. The normalized spacial score (nSPS) is 11.1. The van der Waals surface area contributed by atoms with Gasteiger partial charge in [-0.3, -0.25) is 4.79 Å². The van der Waals surface area contributed by atoms with Crippen LogP contribution in [-0.2, 0) is 37.3 Å². The molecule has 0 unspecified atom stereocenters. The van der Waals surface area contributed by atoms with Gasteiger partial charge in [0.2, 0.25) is 10.0 Å². The molecule has 0 atom stereocenters. The minimum Gasteiger partial charge on any atom is -0.469 e. The largest absolute Gasteiger partial charge is 0.469 e. The maximum Gasteiger partial charge on any atom is 0.338 e. The van der Waals surface area contributed by atoms with E-state index < -0.39 is 22.0 Å². The van der Waals surface area contributed by atoms with E-state index in [0.29, 0.717) is 11.1 Å². The highest BCUT2D eigenvalue weighted by molar-refractivity contribution is 7.89. The van der Waals surface area contributed by atoms with Crippen LogP contribution in [0.25, 0.3) is 0 Å².